The van der Waals surface area contributed by atoms with Crippen molar-refractivity contribution in [3.8, 4) is 0 Å². The second kappa shape index (κ2) is 25.2. The summed E-state index contributed by atoms with van der Waals surface area (Å²) in [6.45, 7) is 7.27. The monoisotopic (exact) mass is 603 g/mol. The molecule has 7 N–H and O–H groups in total. The summed E-state index contributed by atoms with van der Waals surface area (Å²) in [6.07, 6.45) is 14.0. The SMILES string of the molecule is CC1=CCNC(NC=O)=C1.O.[CH2-]C([NH-])c1cc(Cl)c(CCCCCCCCCN)c(Cl)c1.[CH3-].[Cr+2].[Cr]. The second-order valence-electron chi connectivity index (χ2n) is 7.68. The van der Waals surface area contributed by atoms with E-state index in [1.165, 1.54) is 37.7 Å². The van der Waals surface area contributed by atoms with Crippen LogP contribution in [0.2, 0.25) is 10.0 Å². The van der Waals surface area contributed by atoms with E-state index in [0.717, 1.165) is 49.3 Å². The van der Waals surface area contributed by atoms with Gasteiger partial charge < -0.3 is 41.9 Å². The van der Waals surface area contributed by atoms with Gasteiger partial charge in [-0.25, -0.2) is 6.04 Å². The molecule has 0 saturated heterocycles. The van der Waals surface area contributed by atoms with Crippen molar-refractivity contribution in [3.63, 3.8) is 0 Å². The van der Waals surface area contributed by atoms with Crippen LogP contribution in [0.15, 0.2) is 35.7 Å². The zero-order chi connectivity index (χ0) is 23.1. The maximum Gasteiger partial charge on any atom is 2.00 e. The fraction of sp³-hybridized carbons (Fsp3) is 0.480. The van der Waals surface area contributed by atoms with E-state index in [2.05, 4.69) is 23.6 Å². The standard InChI is InChI=1S/C17H26Cl2N2.C7H10N2O.CH3.2Cr.H2O/c1-13(21)14-11-16(18)15(17(19)12-14)9-7-5-3-2-4-6-8-10-20;1-6-2-3-8-7(4-6)9-5-10;;;;/h11-13,21H,1-10,20H2;2,4-5,8H,3H2,1H3,(H,9,10);1H3;;;1H2/q-2;;-1;;+2;. The number of carbonyl (C=O) groups excluding carboxylic acids is 1. The first kappa shape index (κ1) is 41.6. The van der Waals surface area contributed by atoms with E-state index in [-0.39, 0.29) is 47.6 Å². The van der Waals surface area contributed by atoms with Gasteiger partial charge in [0, 0.05) is 34.0 Å². The van der Waals surface area contributed by atoms with Gasteiger partial charge in [0.25, 0.3) is 0 Å². The van der Waals surface area contributed by atoms with Gasteiger partial charge in [-0.15, -0.1) is 0 Å². The van der Waals surface area contributed by atoms with E-state index in [4.69, 9.17) is 34.7 Å². The normalized spacial score (nSPS) is 12.3. The molecule has 6 nitrogen and oxygen atoms in total. The third-order valence-electron chi connectivity index (χ3n) is 5.00. The first-order chi connectivity index (χ1) is 14.9. The quantitative estimate of drug-likeness (QED) is 0.157. The van der Waals surface area contributed by atoms with E-state index in [1.807, 2.05) is 25.1 Å². The molecule has 200 valence electrons. The largest absolute Gasteiger partial charge is 2.00 e. The maximum absolute atomic E-state index is 9.97. The van der Waals surface area contributed by atoms with Crippen LogP contribution < -0.4 is 16.4 Å². The van der Waals surface area contributed by atoms with Gasteiger partial charge in [-0.05, 0) is 62.1 Å². The van der Waals surface area contributed by atoms with Crippen LogP contribution in [0, 0.1) is 14.4 Å². The average molecular weight is 605 g/mol. The van der Waals surface area contributed by atoms with Crippen LogP contribution in [0.3, 0.4) is 0 Å². The number of hydrogen-bond donors (Lipinski definition) is 3. The molecule has 0 radical (unpaired) electrons. The summed E-state index contributed by atoms with van der Waals surface area (Å²) in [4.78, 5) is 9.97. The van der Waals surface area contributed by atoms with E-state index in [9.17, 15) is 4.79 Å². The number of nitrogens with one attached hydrogen (secondary N) is 3. The summed E-state index contributed by atoms with van der Waals surface area (Å²) in [5.41, 5.74) is 16.0. The van der Waals surface area contributed by atoms with Gasteiger partial charge in [0.2, 0.25) is 6.41 Å². The Morgan fingerprint density at radius 1 is 1.14 bits per heavy atom. The van der Waals surface area contributed by atoms with Gasteiger partial charge in [-0.3, -0.25) is 4.79 Å². The van der Waals surface area contributed by atoms with Crippen LogP contribution in [-0.4, -0.2) is 25.0 Å². The first-order valence-corrected chi connectivity index (χ1v) is 11.7. The summed E-state index contributed by atoms with van der Waals surface area (Å²) in [5.74, 6) is 0.773. The molecule has 0 fully saturated rings. The number of nitrogens with two attached hydrogens (primary N) is 1. The predicted molar refractivity (Wildman–Crippen MR) is 143 cm³/mol. The molecule has 1 aliphatic heterocycles. The fourth-order valence-corrected chi connectivity index (χ4v) is 3.90. The molecular weight excluding hydrogens is 563 g/mol. The molecule has 1 aromatic rings. The molecule has 0 aliphatic carbocycles. The Hall–Kier alpha value is -0.505. The van der Waals surface area contributed by atoms with Crippen LogP contribution in [0.4, 0.5) is 0 Å². The number of unbranched alkanes of at least 4 members (excludes halogenated alkanes) is 6. The van der Waals surface area contributed by atoms with E-state index < -0.39 is 6.04 Å². The van der Waals surface area contributed by atoms with Crippen molar-refractivity contribution in [2.75, 3.05) is 13.1 Å². The molecule has 0 spiro atoms. The van der Waals surface area contributed by atoms with Crippen LogP contribution >= 0.6 is 23.2 Å². The molecule has 0 bridgehead atoms. The average Bonchev–Trinajstić information content (AvgIpc) is 2.72. The smallest absolute Gasteiger partial charge is 0.697 e. The number of halogens is 2. The molecule has 1 heterocycles. The Morgan fingerprint density at radius 2 is 1.66 bits per heavy atom. The first-order valence-electron chi connectivity index (χ1n) is 10.9. The van der Waals surface area contributed by atoms with Crippen molar-refractivity contribution in [2.24, 2.45) is 5.73 Å². The fourth-order valence-electron chi connectivity index (χ4n) is 3.21. The van der Waals surface area contributed by atoms with Crippen LogP contribution in [0.25, 0.3) is 5.73 Å². The van der Waals surface area contributed by atoms with E-state index in [0.29, 0.717) is 16.5 Å². The summed E-state index contributed by atoms with van der Waals surface area (Å²) < 4.78 is 0. The summed E-state index contributed by atoms with van der Waals surface area (Å²) in [5, 5.41) is 6.87. The van der Waals surface area contributed by atoms with Gasteiger partial charge in [0.05, 0.1) is 0 Å². The Kier molecular flexibility index (Phi) is 29.9. The molecule has 1 unspecified atom stereocenters. The maximum atomic E-state index is 9.97. The zero-order valence-electron chi connectivity index (χ0n) is 20.8. The number of rotatable bonds is 12. The number of amides is 1. The van der Waals surface area contributed by atoms with Crippen LogP contribution in [-0.2, 0) is 45.9 Å². The molecule has 1 amide bonds. The zero-order valence-corrected chi connectivity index (χ0v) is 24.9. The Bertz CT molecular complexity index is 725. The van der Waals surface area contributed by atoms with Gasteiger partial charge >= 0.3 is 17.4 Å². The van der Waals surface area contributed by atoms with Crippen molar-refractivity contribution in [1.29, 1.82) is 0 Å². The molecule has 35 heavy (non-hydrogen) atoms. The van der Waals surface area contributed by atoms with Crippen molar-refractivity contribution in [2.45, 2.75) is 64.3 Å². The van der Waals surface area contributed by atoms with Gasteiger partial charge in [0.15, 0.2) is 0 Å². The minimum Gasteiger partial charge on any atom is -0.697 e. The third-order valence-corrected chi connectivity index (χ3v) is 5.67. The number of dihydropyridines is 1. The van der Waals surface area contributed by atoms with Crippen molar-refractivity contribution in [3.05, 3.63) is 76.9 Å². The number of carbonyl (C=O) groups is 1. The molecule has 1 aromatic carbocycles. The second-order valence-corrected chi connectivity index (χ2v) is 8.49. The molecular formula is C25H41Cl2Cr2N4O2-. The Labute approximate surface area is 244 Å². The molecule has 0 aromatic heterocycles. The molecule has 2 rings (SSSR count). The Morgan fingerprint density at radius 3 is 2.11 bits per heavy atom. The van der Waals surface area contributed by atoms with Crippen LogP contribution in [0.5, 0.6) is 0 Å². The molecule has 10 heteroatoms. The Balaban J connectivity index is -0.000000294. The summed E-state index contributed by atoms with van der Waals surface area (Å²) in [7, 11) is 0. The predicted octanol–water partition coefficient (Wildman–Crippen LogP) is 5.90. The van der Waals surface area contributed by atoms with Crippen molar-refractivity contribution >= 4 is 29.6 Å². The van der Waals surface area contributed by atoms with Crippen molar-refractivity contribution in [1.82, 2.24) is 10.6 Å². The molecule has 0 saturated carbocycles. The van der Waals surface area contributed by atoms with Crippen LogP contribution in [0.1, 0.15) is 69.0 Å². The molecule has 1 aliphatic rings. The molecule has 1 atom stereocenters. The van der Waals surface area contributed by atoms with Gasteiger partial charge in [-0.2, -0.15) is 0 Å². The summed E-state index contributed by atoms with van der Waals surface area (Å²) in [6, 6.07) is 3.10. The van der Waals surface area contributed by atoms with Gasteiger partial charge in [0.1, 0.15) is 5.82 Å². The summed E-state index contributed by atoms with van der Waals surface area (Å²) >= 11 is 12.5. The number of benzene rings is 1. The van der Waals surface area contributed by atoms with Gasteiger partial charge in [-0.1, -0.05) is 66.9 Å². The minimum absolute atomic E-state index is 0. The van der Waals surface area contributed by atoms with E-state index in [1.54, 1.807) is 0 Å². The number of allylic oxidation sites excluding steroid dienone is 2. The topological polar surface area (TPSA) is 122 Å². The van der Waals surface area contributed by atoms with Crippen molar-refractivity contribution < 1.29 is 45.0 Å². The minimum atomic E-state index is -0.539. The van der Waals surface area contributed by atoms with E-state index >= 15 is 0 Å². The third kappa shape index (κ3) is 18.4. The number of hydrogen-bond acceptors (Lipinski definition) is 3.